The highest BCUT2D eigenvalue weighted by Gasteiger charge is 2.68. The molecule has 2 aromatic heterocycles. The molecule has 2 N–H and O–H groups in total. The van der Waals surface area contributed by atoms with Gasteiger partial charge in [-0.3, -0.25) is 33.6 Å². The van der Waals surface area contributed by atoms with E-state index in [4.69, 9.17) is 28.3 Å². The van der Waals surface area contributed by atoms with E-state index in [0.717, 1.165) is 31.0 Å². The Morgan fingerprint density at radius 1 is 1.04 bits per heavy atom. The number of anilines is 1. The number of phenolic OH excluding ortho intramolecular Hbond substituents is 1. The number of hydrogen-bond donors (Lipinski definition) is 2. The van der Waals surface area contributed by atoms with Crippen molar-refractivity contribution in [3.63, 3.8) is 0 Å². The minimum absolute atomic E-state index is 0.0715. The number of amides is 4. The second-order valence-corrected chi connectivity index (χ2v) is 15.9. The quantitative estimate of drug-likeness (QED) is 0.172. The first kappa shape index (κ1) is 33.6. The number of carbonyl (C=O) groups is 5. The van der Waals surface area contributed by atoms with Crippen LogP contribution in [0.3, 0.4) is 0 Å². The number of likely N-dealkylation sites (tertiary alicyclic amines) is 1. The molecule has 4 aromatic rings. The second kappa shape index (κ2) is 11.8. The van der Waals surface area contributed by atoms with Crippen LogP contribution in [0, 0.1) is 36.0 Å². The van der Waals surface area contributed by atoms with Crippen LogP contribution < -0.4 is 4.90 Å². The zero-order valence-corrected chi connectivity index (χ0v) is 30.1. The van der Waals surface area contributed by atoms with Crippen molar-refractivity contribution in [2.75, 3.05) is 11.4 Å². The molecular weight excluding hydrogens is 715 g/mol. The summed E-state index contributed by atoms with van der Waals surface area (Å²) in [6, 6.07) is 11.9. The van der Waals surface area contributed by atoms with Crippen LogP contribution in [0.15, 0.2) is 54.1 Å². The number of benzene rings is 2. The number of phenols is 1. The highest BCUT2D eigenvalue weighted by atomic mass is 35.5. The smallest absolute Gasteiger partial charge is 0.305 e. The summed E-state index contributed by atoms with van der Waals surface area (Å²) in [6.45, 7) is 3.50. The maximum Gasteiger partial charge on any atom is 0.305 e. The third kappa shape index (κ3) is 4.83. The van der Waals surface area contributed by atoms with Gasteiger partial charge in [-0.15, -0.1) is 11.3 Å². The van der Waals surface area contributed by atoms with E-state index in [9.17, 15) is 34.2 Å². The van der Waals surface area contributed by atoms with Gasteiger partial charge in [0.15, 0.2) is 0 Å². The van der Waals surface area contributed by atoms with Crippen LogP contribution in [-0.2, 0) is 31.0 Å². The molecule has 0 spiro atoms. The summed E-state index contributed by atoms with van der Waals surface area (Å²) < 4.78 is 2.54. The lowest BCUT2D eigenvalue weighted by Crippen LogP contribution is -2.49. The third-order valence-electron chi connectivity index (χ3n) is 11.4. The molecule has 262 valence electrons. The summed E-state index contributed by atoms with van der Waals surface area (Å²) in [7, 11) is 1.68. The Hall–Kier alpha value is -4.52. The molecule has 3 fully saturated rings. The number of fused-ring (bicyclic) bond motifs is 5. The van der Waals surface area contributed by atoms with Gasteiger partial charge in [-0.2, -0.15) is 5.10 Å². The van der Waals surface area contributed by atoms with Crippen LogP contribution in [-0.4, -0.2) is 61.0 Å². The van der Waals surface area contributed by atoms with Crippen molar-refractivity contribution < 1.29 is 34.2 Å². The molecule has 51 heavy (non-hydrogen) atoms. The normalized spacial score (nSPS) is 27.2. The number of halogens is 2. The molecule has 2 aliphatic carbocycles. The number of aliphatic carboxylic acids is 1. The van der Waals surface area contributed by atoms with Gasteiger partial charge in [-0.25, -0.2) is 4.90 Å². The zero-order valence-electron chi connectivity index (χ0n) is 27.7. The lowest BCUT2D eigenvalue weighted by Gasteiger charge is -2.49. The summed E-state index contributed by atoms with van der Waals surface area (Å²) >= 11 is 14.6. The van der Waals surface area contributed by atoms with E-state index in [2.05, 4.69) is 0 Å². The van der Waals surface area contributed by atoms with E-state index in [1.165, 1.54) is 33.1 Å². The molecule has 1 saturated carbocycles. The van der Waals surface area contributed by atoms with E-state index in [1.807, 2.05) is 31.2 Å². The van der Waals surface area contributed by atoms with Crippen molar-refractivity contribution in [2.24, 2.45) is 36.1 Å². The van der Waals surface area contributed by atoms with Crippen LogP contribution in [0.1, 0.15) is 43.2 Å². The summed E-state index contributed by atoms with van der Waals surface area (Å²) in [6.07, 6.45) is 1.86. The Morgan fingerprint density at radius 3 is 2.53 bits per heavy atom. The van der Waals surface area contributed by atoms with E-state index < -0.39 is 64.6 Å². The molecule has 2 aliphatic heterocycles. The van der Waals surface area contributed by atoms with Crippen molar-refractivity contribution in [3.05, 3.63) is 75.3 Å². The number of hydrogen-bond acceptors (Lipinski definition) is 8. The van der Waals surface area contributed by atoms with E-state index in [1.54, 1.807) is 26.1 Å². The summed E-state index contributed by atoms with van der Waals surface area (Å²) in [5, 5.41) is 26.1. The molecule has 0 bridgehead atoms. The fourth-order valence-corrected chi connectivity index (χ4v) is 10.6. The molecular formula is C37H32Cl2N4O7S. The van der Waals surface area contributed by atoms with E-state index in [0.29, 0.717) is 22.1 Å². The lowest BCUT2D eigenvalue weighted by atomic mass is 9.51. The number of carboxylic acids is 1. The first-order valence-electron chi connectivity index (χ1n) is 16.6. The predicted molar refractivity (Wildman–Crippen MR) is 190 cm³/mol. The Morgan fingerprint density at radius 2 is 1.80 bits per heavy atom. The van der Waals surface area contributed by atoms with Gasteiger partial charge in [0, 0.05) is 40.3 Å². The Bertz CT molecular complexity index is 2280. The second-order valence-electron chi connectivity index (χ2n) is 14.0. The van der Waals surface area contributed by atoms with Gasteiger partial charge >= 0.3 is 5.97 Å². The first-order chi connectivity index (χ1) is 24.2. The first-order valence-corrected chi connectivity index (χ1v) is 18.2. The average Bonchev–Trinajstić information content (AvgIpc) is 3.74. The van der Waals surface area contributed by atoms with Crippen LogP contribution in [0.2, 0.25) is 10.0 Å². The molecule has 4 aliphatic rings. The number of rotatable bonds is 6. The fourth-order valence-electron chi connectivity index (χ4n) is 9.04. The average molecular weight is 748 g/mol. The van der Waals surface area contributed by atoms with Gasteiger partial charge in [0.25, 0.3) is 0 Å². The van der Waals surface area contributed by atoms with Crippen LogP contribution >= 0.6 is 34.5 Å². The number of aromatic nitrogens is 2. The highest BCUT2D eigenvalue weighted by molar-refractivity contribution is 7.22. The number of carboxylic acid groups (broad SMARTS) is 1. The standard InChI is InChI=1S/C37H32Cl2N4O7S/c1-16-22-12-17(38)4-9-27(22)51-32(16)26-15-28(41(3)40-26)43-34(48)24-14-23-19(7-8-21-30(23)35(49)42(33(21)47)11-10-29(45)46)31(37(24,2)36(43)50)20-6-5-18(44)13-25(20)39/h4-7,9,12-13,15,21,23-24,30-31,44H,8,10-11,14H2,1-3H3,(H,45,46)/t21-,23+,24-,30-,31+,37+/m0/s1. The third-order valence-corrected chi connectivity index (χ3v) is 13.3. The minimum Gasteiger partial charge on any atom is -0.508 e. The van der Waals surface area contributed by atoms with Crippen LogP contribution in [0.25, 0.3) is 20.7 Å². The molecule has 4 amide bonds. The number of thiophene rings is 1. The molecule has 8 rings (SSSR count). The highest BCUT2D eigenvalue weighted by Crippen LogP contribution is 2.64. The predicted octanol–water partition coefficient (Wildman–Crippen LogP) is 6.33. The monoisotopic (exact) mass is 746 g/mol. The maximum absolute atomic E-state index is 14.9. The number of aromatic hydroxyl groups is 1. The van der Waals surface area contributed by atoms with Crippen molar-refractivity contribution >= 4 is 80.0 Å². The molecule has 2 saturated heterocycles. The van der Waals surface area contributed by atoms with Crippen molar-refractivity contribution in [3.8, 4) is 16.3 Å². The van der Waals surface area contributed by atoms with Gasteiger partial charge in [0.2, 0.25) is 23.6 Å². The van der Waals surface area contributed by atoms with Crippen molar-refractivity contribution in [1.82, 2.24) is 14.7 Å². The van der Waals surface area contributed by atoms with Gasteiger partial charge in [0.05, 0.1) is 34.5 Å². The van der Waals surface area contributed by atoms with Gasteiger partial charge in [-0.05, 0) is 79.5 Å². The van der Waals surface area contributed by atoms with Gasteiger partial charge in [0.1, 0.15) is 17.3 Å². The maximum atomic E-state index is 14.9. The lowest BCUT2D eigenvalue weighted by molar-refractivity contribution is -0.142. The largest absolute Gasteiger partial charge is 0.508 e. The van der Waals surface area contributed by atoms with Gasteiger partial charge in [-0.1, -0.05) is 40.9 Å². The molecule has 14 heteroatoms. The molecule has 6 atom stereocenters. The minimum atomic E-state index is -1.35. The number of allylic oxidation sites excluding steroid dienone is 2. The Labute approximate surface area is 306 Å². The summed E-state index contributed by atoms with van der Waals surface area (Å²) in [5.41, 5.74) is 1.47. The zero-order chi connectivity index (χ0) is 36.3. The van der Waals surface area contributed by atoms with Crippen molar-refractivity contribution in [2.45, 2.75) is 39.0 Å². The van der Waals surface area contributed by atoms with Crippen LogP contribution in [0.4, 0.5) is 5.82 Å². The Balaban J connectivity index is 1.23. The molecule has 0 radical (unpaired) electrons. The number of nitrogens with zero attached hydrogens (tertiary/aromatic N) is 4. The SMILES string of the molecule is Cc1c(-c2cc(N3C(=O)[C@@H]4C[C@@H]5C(=CC[C@@H]6C(=O)N(CCC(=O)O)C(=O)[C@@H]65)[C@H](c5ccc(O)cc5Cl)[C@]4(C)C3=O)n(C)n2)sc2ccc(Cl)cc12. The molecule has 0 unspecified atom stereocenters. The topological polar surface area (TPSA) is 150 Å². The fraction of sp³-hybridized carbons (Fsp3) is 0.351. The molecule has 2 aromatic carbocycles. The summed E-state index contributed by atoms with van der Waals surface area (Å²) in [4.78, 5) is 71.5. The number of carbonyl (C=O) groups excluding carboxylic acids is 4. The van der Waals surface area contributed by atoms with Crippen LogP contribution in [0.5, 0.6) is 5.75 Å². The summed E-state index contributed by atoms with van der Waals surface area (Å²) in [5.74, 6) is -6.47. The number of imide groups is 2. The van der Waals surface area contributed by atoms with Gasteiger partial charge < -0.3 is 10.2 Å². The van der Waals surface area contributed by atoms with E-state index in [-0.39, 0.29) is 36.6 Å². The molecule has 11 nitrogen and oxygen atoms in total. The number of aryl methyl sites for hydroxylation is 2. The van der Waals surface area contributed by atoms with Crippen molar-refractivity contribution in [1.29, 1.82) is 0 Å². The molecule has 4 heterocycles. The van der Waals surface area contributed by atoms with E-state index >= 15 is 0 Å². The Kier molecular flexibility index (Phi) is 7.75.